The molecule has 14 nitrogen and oxygen atoms in total. The summed E-state index contributed by atoms with van der Waals surface area (Å²) in [5.74, 6) is -4.61. The number of aromatic hydroxyl groups is 2. The summed E-state index contributed by atoms with van der Waals surface area (Å²) < 4.78 is 17.4. The third-order valence-corrected chi connectivity index (χ3v) is 10.6. The van der Waals surface area contributed by atoms with Gasteiger partial charge in [0, 0.05) is 41.4 Å². The maximum absolute atomic E-state index is 13.9. The third-order valence-electron chi connectivity index (χ3n) is 10.6. The van der Waals surface area contributed by atoms with Gasteiger partial charge in [-0.1, -0.05) is 39.8 Å². The molecule has 14 heteroatoms. The van der Waals surface area contributed by atoms with Gasteiger partial charge in [0.1, 0.15) is 41.8 Å². The van der Waals surface area contributed by atoms with Crippen molar-refractivity contribution in [3.8, 4) is 17.2 Å². The number of nitrogens with one attached hydrogen (secondary N) is 1. The van der Waals surface area contributed by atoms with Crippen molar-refractivity contribution < 1.29 is 63.7 Å². The van der Waals surface area contributed by atoms with Crippen LogP contribution in [0.3, 0.4) is 0 Å². The maximum Gasteiger partial charge on any atom is 0.226 e. The standard InChI is InChI=1S/C35H41NO13/c1-15-27(40)18(36-32(45)34(4,5)33(2,3)14-38)10-22(48-15)49-20-12-35(46,21(39)13-37)11-17-24(20)31(44)26-25(29(17)42)28(41)16-8-7-9-19(47-6)23(16)30(26)43/h7-9,14-15,18,20,22,27,37,40,42,44,46H,10-13H2,1-6H3,(H,36,45)/t15-,18-,20-,22-,27+,35-/m0/s1. The number of benzene rings is 2. The molecule has 5 rings (SSSR count). The molecule has 1 fully saturated rings. The Bertz CT molecular complexity index is 1750. The van der Waals surface area contributed by atoms with Crippen LogP contribution in [0.1, 0.15) is 96.5 Å². The molecular weight excluding hydrogens is 642 g/mol. The number of Topliss-reactive ketones (excluding diaryl/α,β-unsaturated/α-hetero) is 1. The second kappa shape index (κ2) is 12.6. The van der Waals surface area contributed by atoms with Crippen molar-refractivity contribution in [2.45, 2.75) is 90.1 Å². The summed E-state index contributed by atoms with van der Waals surface area (Å²) in [4.78, 5) is 65.5. The zero-order valence-corrected chi connectivity index (χ0v) is 28.0. The van der Waals surface area contributed by atoms with E-state index in [0.717, 1.165) is 0 Å². The van der Waals surface area contributed by atoms with Crippen LogP contribution >= 0.6 is 0 Å². The number of phenolic OH excluding ortho intramolecular Hbond substituents is 2. The van der Waals surface area contributed by atoms with Crippen LogP contribution in [0.5, 0.6) is 17.2 Å². The molecule has 0 unspecified atom stereocenters. The second-order valence-electron chi connectivity index (χ2n) is 14.0. The highest BCUT2D eigenvalue weighted by Gasteiger charge is 2.51. The number of aliphatic hydroxyl groups excluding tert-OH is 2. The molecule has 3 aliphatic rings. The number of amides is 1. The SMILES string of the molecule is COc1cccc2c1C(=O)c1c(O)c3c(c(O)c1C2=O)C[C@@](O)(C(=O)CO)C[C@@H]3O[C@H]1C[C@H](NC(=O)C(C)(C)C(C)(C)C=O)[C@H](O)[C@H](C)O1. The van der Waals surface area contributed by atoms with Crippen molar-refractivity contribution in [3.05, 3.63) is 51.6 Å². The van der Waals surface area contributed by atoms with Crippen molar-refractivity contribution in [2.75, 3.05) is 13.7 Å². The van der Waals surface area contributed by atoms with Crippen LogP contribution in [0, 0.1) is 10.8 Å². The number of hydrogen-bond acceptors (Lipinski definition) is 13. The van der Waals surface area contributed by atoms with Crippen LogP contribution < -0.4 is 10.1 Å². The molecule has 49 heavy (non-hydrogen) atoms. The minimum Gasteiger partial charge on any atom is -0.507 e. The highest BCUT2D eigenvalue weighted by Crippen LogP contribution is 2.52. The fourth-order valence-corrected chi connectivity index (χ4v) is 6.65. The lowest BCUT2D eigenvalue weighted by Crippen LogP contribution is -2.59. The summed E-state index contributed by atoms with van der Waals surface area (Å²) in [6, 6.07) is 3.34. The van der Waals surface area contributed by atoms with E-state index in [2.05, 4.69) is 5.32 Å². The van der Waals surface area contributed by atoms with Crippen molar-refractivity contribution in [1.82, 2.24) is 5.32 Å². The summed E-state index contributed by atoms with van der Waals surface area (Å²) >= 11 is 0. The molecular formula is C35H41NO13. The number of methoxy groups -OCH3 is 1. The Balaban J connectivity index is 1.57. The zero-order valence-electron chi connectivity index (χ0n) is 28.0. The molecule has 1 aliphatic heterocycles. The molecule has 6 atom stereocenters. The number of hydrogen-bond donors (Lipinski definition) is 6. The van der Waals surface area contributed by atoms with E-state index in [1.165, 1.54) is 32.2 Å². The van der Waals surface area contributed by atoms with Gasteiger partial charge in [0.15, 0.2) is 17.9 Å². The number of ether oxygens (including phenoxy) is 3. The quantitative estimate of drug-likeness (QED) is 0.139. The van der Waals surface area contributed by atoms with Gasteiger partial charge >= 0.3 is 0 Å². The van der Waals surface area contributed by atoms with Crippen LogP contribution in [-0.4, -0.2) is 98.9 Å². The number of aliphatic hydroxyl groups is 3. The number of aldehydes is 1. The molecule has 0 radical (unpaired) electrons. The molecule has 1 amide bonds. The van der Waals surface area contributed by atoms with Gasteiger partial charge in [0.25, 0.3) is 0 Å². The Morgan fingerprint density at radius 2 is 1.73 bits per heavy atom. The number of rotatable bonds is 9. The van der Waals surface area contributed by atoms with Gasteiger partial charge in [0.05, 0.1) is 47.5 Å². The summed E-state index contributed by atoms with van der Waals surface area (Å²) in [5.41, 5.74) is -6.32. The second-order valence-corrected chi connectivity index (χ2v) is 14.0. The van der Waals surface area contributed by atoms with Gasteiger partial charge in [-0.2, -0.15) is 0 Å². The first-order valence-corrected chi connectivity index (χ1v) is 15.8. The molecule has 6 N–H and O–H groups in total. The predicted molar refractivity (Wildman–Crippen MR) is 169 cm³/mol. The molecule has 264 valence electrons. The van der Waals surface area contributed by atoms with Gasteiger partial charge < -0.3 is 49.9 Å². The van der Waals surface area contributed by atoms with E-state index in [1.54, 1.807) is 27.7 Å². The lowest BCUT2D eigenvalue weighted by Gasteiger charge is -2.44. The van der Waals surface area contributed by atoms with Crippen LogP contribution in [0.4, 0.5) is 0 Å². The molecule has 0 spiro atoms. The van der Waals surface area contributed by atoms with E-state index in [9.17, 15) is 49.5 Å². The van der Waals surface area contributed by atoms with E-state index < -0.39 is 112 Å². The van der Waals surface area contributed by atoms with Crippen LogP contribution in [0.2, 0.25) is 0 Å². The fourth-order valence-electron chi connectivity index (χ4n) is 6.65. The zero-order chi connectivity index (χ0) is 36.4. The van der Waals surface area contributed by atoms with Gasteiger partial charge in [-0.05, 0) is 13.0 Å². The Morgan fingerprint density at radius 3 is 2.35 bits per heavy atom. The molecule has 2 aromatic rings. The molecule has 0 saturated carbocycles. The van der Waals surface area contributed by atoms with E-state index in [4.69, 9.17) is 14.2 Å². The highest BCUT2D eigenvalue weighted by molar-refractivity contribution is 6.31. The van der Waals surface area contributed by atoms with Crippen molar-refractivity contribution in [1.29, 1.82) is 0 Å². The Labute approximate surface area is 282 Å². The van der Waals surface area contributed by atoms with Crippen LogP contribution in [-0.2, 0) is 30.3 Å². The molecule has 1 saturated heterocycles. The van der Waals surface area contributed by atoms with Gasteiger partial charge in [-0.15, -0.1) is 0 Å². The first kappa shape index (κ1) is 36.1. The smallest absolute Gasteiger partial charge is 0.226 e. The monoisotopic (exact) mass is 683 g/mol. The first-order valence-electron chi connectivity index (χ1n) is 15.8. The third kappa shape index (κ3) is 5.70. The van der Waals surface area contributed by atoms with E-state index in [0.29, 0.717) is 6.29 Å². The minimum absolute atomic E-state index is 0.0600. The van der Waals surface area contributed by atoms with Gasteiger partial charge in [0.2, 0.25) is 11.7 Å². The van der Waals surface area contributed by atoms with E-state index in [1.807, 2.05) is 0 Å². The number of fused-ring (bicyclic) bond motifs is 3. The summed E-state index contributed by atoms with van der Waals surface area (Å²) in [7, 11) is 1.30. The number of carbonyl (C=O) groups excluding carboxylic acids is 5. The number of carbonyl (C=O) groups is 5. The number of phenols is 2. The molecule has 0 aromatic heterocycles. The molecule has 0 bridgehead atoms. The lowest BCUT2D eigenvalue weighted by atomic mass is 9.68. The average Bonchev–Trinajstić information content (AvgIpc) is 3.06. The van der Waals surface area contributed by atoms with Crippen molar-refractivity contribution >= 4 is 29.5 Å². The van der Waals surface area contributed by atoms with Crippen molar-refractivity contribution in [2.24, 2.45) is 10.8 Å². The molecule has 2 aliphatic carbocycles. The minimum atomic E-state index is -2.34. The van der Waals surface area contributed by atoms with Gasteiger partial charge in [-0.3, -0.25) is 19.2 Å². The Hall–Kier alpha value is -4.21. The summed E-state index contributed by atoms with van der Waals surface area (Å²) in [6.07, 6.45) is -5.59. The topological polar surface area (TPSA) is 226 Å². The van der Waals surface area contributed by atoms with Crippen molar-refractivity contribution in [3.63, 3.8) is 0 Å². The Morgan fingerprint density at radius 1 is 1.08 bits per heavy atom. The van der Waals surface area contributed by atoms with E-state index in [-0.39, 0.29) is 34.4 Å². The average molecular weight is 684 g/mol. The molecule has 1 heterocycles. The van der Waals surface area contributed by atoms with Crippen LogP contribution in [0.15, 0.2) is 18.2 Å². The largest absolute Gasteiger partial charge is 0.507 e. The molecule has 2 aromatic carbocycles. The summed E-state index contributed by atoms with van der Waals surface area (Å²) in [5, 5.41) is 58.2. The van der Waals surface area contributed by atoms with E-state index >= 15 is 0 Å². The number of ketones is 3. The first-order chi connectivity index (χ1) is 22.8. The van der Waals surface area contributed by atoms with Crippen LogP contribution in [0.25, 0.3) is 0 Å². The van der Waals surface area contributed by atoms with Gasteiger partial charge in [-0.25, -0.2) is 0 Å². The lowest BCUT2D eigenvalue weighted by molar-refractivity contribution is -0.249. The predicted octanol–water partition coefficient (Wildman–Crippen LogP) is 1.41. The maximum atomic E-state index is 13.9. The summed E-state index contributed by atoms with van der Waals surface area (Å²) in [6.45, 7) is 6.84. The Kier molecular flexibility index (Phi) is 9.27. The highest BCUT2D eigenvalue weighted by atomic mass is 16.7. The normalized spacial score (nSPS) is 26.7. The fraction of sp³-hybridized carbons (Fsp3) is 0.514.